The van der Waals surface area contributed by atoms with Gasteiger partial charge in [0.25, 0.3) is 5.91 Å². The number of nitrogens with zero attached hydrogens (tertiary/aromatic N) is 3. The van der Waals surface area contributed by atoms with Crippen LogP contribution < -0.4 is 10.1 Å². The molecule has 0 radical (unpaired) electrons. The predicted octanol–water partition coefficient (Wildman–Crippen LogP) is 5.50. The third-order valence-electron chi connectivity index (χ3n) is 5.57. The van der Waals surface area contributed by atoms with Gasteiger partial charge < -0.3 is 15.2 Å². The lowest BCUT2D eigenvalue weighted by atomic mass is 10.0. The van der Waals surface area contributed by atoms with E-state index >= 15 is 0 Å². The summed E-state index contributed by atoms with van der Waals surface area (Å²) >= 11 is 6.29. The molecule has 2 aromatic heterocycles. The normalized spacial score (nSPS) is 11.8. The average molecular weight is 509 g/mol. The Bertz CT molecular complexity index is 1320. The Morgan fingerprint density at radius 2 is 1.89 bits per heavy atom. The van der Waals surface area contributed by atoms with Gasteiger partial charge >= 0.3 is 0 Å². The Morgan fingerprint density at radius 3 is 2.56 bits per heavy atom. The van der Waals surface area contributed by atoms with Gasteiger partial charge in [-0.05, 0) is 63.4 Å². The van der Waals surface area contributed by atoms with Crippen LogP contribution in [0.4, 0.5) is 0 Å². The number of aryl methyl sites for hydroxylation is 1. The smallest absolute Gasteiger partial charge is 0.251 e. The van der Waals surface area contributed by atoms with Gasteiger partial charge in [-0.15, -0.1) is 0 Å². The van der Waals surface area contributed by atoms with E-state index in [2.05, 4.69) is 15.3 Å². The summed E-state index contributed by atoms with van der Waals surface area (Å²) in [5, 5.41) is 12.9. The number of aliphatic hydroxyl groups is 1. The second-order valence-corrected chi connectivity index (χ2v) is 9.21. The van der Waals surface area contributed by atoms with Gasteiger partial charge in [0.1, 0.15) is 5.75 Å². The summed E-state index contributed by atoms with van der Waals surface area (Å²) in [6.45, 7) is 5.74. The number of benzene rings is 2. The molecule has 0 spiro atoms. The molecule has 4 aromatic rings. The molecule has 8 heteroatoms. The first-order chi connectivity index (χ1) is 16.8. The Hall–Kier alpha value is -3.42. The molecule has 4 rings (SSSR count). The molecule has 0 bridgehead atoms. The largest absolute Gasteiger partial charge is 0.489 e. The standard InChI is InChI=1S/C27H29ClN4O3.CH4/c1-17(2)35-25-9-8-21(15-23(25)28)26(34)30-22(11-13-33)14-19-4-6-20(7-5-19)24-16-32-12-10-18(3)29-27(32)31-24;/h4-10,12,15-17,22,33H,11,13-14H2,1-3H3,(H,30,34);1H4/t22-;/m1./s1. The van der Waals surface area contributed by atoms with Crippen molar-refractivity contribution in [2.45, 2.75) is 53.2 Å². The molecule has 36 heavy (non-hydrogen) atoms. The molecule has 1 atom stereocenters. The maximum Gasteiger partial charge on any atom is 0.251 e. The summed E-state index contributed by atoms with van der Waals surface area (Å²) in [6, 6.07) is 14.8. The molecule has 2 heterocycles. The lowest BCUT2D eigenvalue weighted by Crippen LogP contribution is -2.37. The molecule has 190 valence electrons. The van der Waals surface area contributed by atoms with Crippen molar-refractivity contribution in [3.05, 3.63) is 82.8 Å². The van der Waals surface area contributed by atoms with E-state index in [1.807, 2.05) is 67.9 Å². The van der Waals surface area contributed by atoms with Crippen molar-refractivity contribution in [2.24, 2.45) is 0 Å². The number of hydrogen-bond acceptors (Lipinski definition) is 5. The number of ether oxygens (including phenoxy) is 1. The Morgan fingerprint density at radius 1 is 1.14 bits per heavy atom. The average Bonchev–Trinajstić information content (AvgIpc) is 3.24. The van der Waals surface area contributed by atoms with E-state index in [9.17, 15) is 9.90 Å². The molecule has 0 fully saturated rings. The first-order valence-electron chi connectivity index (χ1n) is 11.6. The Balaban J connectivity index is 0.00000361. The molecule has 2 N–H and O–H groups in total. The number of amides is 1. The highest BCUT2D eigenvalue weighted by Gasteiger charge is 2.16. The highest BCUT2D eigenvalue weighted by molar-refractivity contribution is 6.32. The van der Waals surface area contributed by atoms with Crippen LogP contribution in [0.3, 0.4) is 0 Å². The fourth-order valence-electron chi connectivity index (χ4n) is 3.84. The van der Waals surface area contributed by atoms with Gasteiger partial charge in [0.15, 0.2) is 0 Å². The quantitative estimate of drug-likeness (QED) is 0.311. The number of rotatable bonds is 9. The zero-order valence-electron chi connectivity index (χ0n) is 20.0. The zero-order chi connectivity index (χ0) is 24.9. The predicted molar refractivity (Wildman–Crippen MR) is 144 cm³/mol. The van der Waals surface area contributed by atoms with Crippen molar-refractivity contribution in [3.63, 3.8) is 0 Å². The van der Waals surface area contributed by atoms with E-state index < -0.39 is 0 Å². The second kappa shape index (κ2) is 12.0. The van der Waals surface area contributed by atoms with Crippen LogP contribution in [0.2, 0.25) is 5.02 Å². The molecule has 0 aliphatic rings. The molecule has 0 saturated heterocycles. The third kappa shape index (κ3) is 6.62. The van der Waals surface area contributed by atoms with Gasteiger partial charge in [-0.3, -0.25) is 9.20 Å². The molecule has 1 amide bonds. The lowest BCUT2D eigenvalue weighted by molar-refractivity contribution is 0.0930. The van der Waals surface area contributed by atoms with Gasteiger partial charge in [0, 0.05) is 41.9 Å². The van der Waals surface area contributed by atoms with Crippen molar-refractivity contribution < 1.29 is 14.6 Å². The van der Waals surface area contributed by atoms with Crippen LogP contribution in [-0.4, -0.2) is 44.1 Å². The number of halogens is 1. The number of carbonyl (C=O) groups excluding carboxylic acids is 1. The first kappa shape index (κ1) is 27.2. The van der Waals surface area contributed by atoms with Gasteiger partial charge in [0.2, 0.25) is 5.78 Å². The number of aromatic nitrogens is 3. The van der Waals surface area contributed by atoms with E-state index in [-0.39, 0.29) is 32.1 Å². The van der Waals surface area contributed by atoms with Crippen LogP contribution in [0.1, 0.15) is 49.3 Å². The van der Waals surface area contributed by atoms with Crippen molar-refractivity contribution >= 4 is 23.3 Å². The maximum absolute atomic E-state index is 12.8. The summed E-state index contributed by atoms with van der Waals surface area (Å²) in [5.41, 5.74) is 4.24. The molecule has 0 aliphatic carbocycles. The van der Waals surface area contributed by atoms with Crippen molar-refractivity contribution in [2.75, 3.05) is 6.61 Å². The van der Waals surface area contributed by atoms with Gasteiger partial charge in [-0.2, -0.15) is 0 Å². The minimum Gasteiger partial charge on any atom is -0.489 e. The molecular formula is C28H33ClN4O3. The Kier molecular flexibility index (Phi) is 9.07. The topological polar surface area (TPSA) is 88.8 Å². The summed E-state index contributed by atoms with van der Waals surface area (Å²) in [5.74, 6) is 0.964. The molecule has 0 aliphatic heterocycles. The van der Waals surface area contributed by atoms with Gasteiger partial charge in [-0.1, -0.05) is 43.3 Å². The molecular weight excluding hydrogens is 476 g/mol. The van der Waals surface area contributed by atoms with E-state index in [0.717, 1.165) is 22.5 Å². The monoisotopic (exact) mass is 508 g/mol. The SMILES string of the molecule is C.Cc1ccn2cc(-c3ccc(C[C@@H](CCO)NC(=O)c4ccc(OC(C)C)c(Cl)c4)cc3)nc2n1. The van der Waals surface area contributed by atoms with Crippen molar-refractivity contribution in [3.8, 4) is 17.0 Å². The molecule has 2 aromatic carbocycles. The van der Waals surface area contributed by atoms with Crippen LogP contribution >= 0.6 is 11.6 Å². The van der Waals surface area contributed by atoms with E-state index in [1.54, 1.807) is 18.2 Å². The molecule has 0 saturated carbocycles. The molecule has 7 nitrogen and oxygen atoms in total. The number of aliphatic hydroxyl groups excluding tert-OH is 1. The van der Waals surface area contributed by atoms with Crippen LogP contribution in [0.5, 0.6) is 5.75 Å². The van der Waals surface area contributed by atoms with E-state index in [1.165, 1.54) is 0 Å². The third-order valence-corrected chi connectivity index (χ3v) is 5.86. The maximum atomic E-state index is 12.8. The number of nitrogens with one attached hydrogen (secondary N) is 1. The van der Waals surface area contributed by atoms with Crippen LogP contribution in [0.15, 0.2) is 60.9 Å². The number of carbonyl (C=O) groups is 1. The first-order valence-corrected chi connectivity index (χ1v) is 12.0. The van der Waals surface area contributed by atoms with E-state index in [4.69, 9.17) is 16.3 Å². The zero-order valence-corrected chi connectivity index (χ0v) is 20.8. The fourth-order valence-corrected chi connectivity index (χ4v) is 4.06. The number of hydrogen-bond donors (Lipinski definition) is 2. The summed E-state index contributed by atoms with van der Waals surface area (Å²) in [7, 11) is 0. The van der Waals surface area contributed by atoms with Gasteiger partial charge in [0.05, 0.1) is 16.8 Å². The highest BCUT2D eigenvalue weighted by atomic mass is 35.5. The van der Waals surface area contributed by atoms with Crippen LogP contribution in [-0.2, 0) is 6.42 Å². The lowest BCUT2D eigenvalue weighted by Gasteiger charge is -2.19. The Labute approximate surface area is 217 Å². The second-order valence-electron chi connectivity index (χ2n) is 8.80. The van der Waals surface area contributed by atoms with Gasteiger partial charge in [-0.25, -0.2) is 9.97 Å². The number of imidazole rings is 1. The summed E-state index contributed by atoms with van der Waals surface area (Å²) in [4.78, 5) is 21.9. The fraction of sp³-hybridized carbons (Fsp3) is 0.321. The number of fused-ring (bicyclic) bond motifs is 1. The minimum absolute atomic E-state index is 0. The van der Waals surface area contributed by atoms with Crippen molar-refractivity contribution in [1.29, 1.82) is 0 Å². The summed E-state index contributed by atoms with van der Waals surface area (Å²) < 4.78 is 7.54. The highest BCUT2D eigenvalue weighted by Crippen LogP contribution is 2.26. The van der Waals surface area contributed by atoms with E-state index in [0.29, 0.717) is 35.0 Å². The van der Waals surface area contributed by atoms with Crippen molar-refractivity contribution in [1.82, 2.24) is 19.7 Å². The summed E-state index contributed by atoms with van der Waals surface area (Å²) in [6.07, 6.45) is 4.91. The minimum atomic E-state index is -0.245. The molecule has 0 unspecified atom stereocenters. The van der Waals surface area contributed by atoms with Crippen LogP contribution in [0.25, 0.3) is 17.0 Å². The van der Waals surface area contributed by atoms with Crippen LogP contribution in [0, 0.1) is 6.92 Å².